The second kappa shape index (κ2) is 5.94. The number of methoxy groups -OCH3 is 1. The SMILES string of the molecule is COc1ccc(=O)n(CC(CS)C(C)C)n1. The minimum absolute atomic E-state index is 0.103. The number of aromatic nitrogens is 2. The maximum Gasteiger partial charge on any atom is 0.266 e. The molecule has 4 nitrogen and oxygen atoms in total. The third-order valence-corrected chi connectivity index (χ3v) is 3.11. The zero-order chi connectivity index (χ0) is 12.1. The molecule has 0 saturated carbocycles. The topological polar surface area (TPSA) is 44.1 Å². The van der Waals surface area contributed by atoms with Crippen molar-refractivity contribution >= 4 is 12.6 Å². The number of thiol groups is 1. The van der Waals surface area contributed by atoms with Crippen molar-refractivity contribution in [3.8, 4) is 5.88 Å². The van der Waals surface area contributed by atoms with E-state index < -0.39 is 0 Å². The highest BCUT2D eigenvalue weighted by molar-refractivity contribution is 7.80. The lowest BCUT2D eigenvalue weighted by Gasteiger charge is -2.18. The Morgan fingerprint density at radius 1 is 1.50 bits per heavy atom. The Morgan fingerprint density at radius 3 is 2.69 bits per heavy atom. The molecule has 1 aromatic heterocycles. The van der Waals surface area contributed by atoms with Gasteiger partial charge in [0.05, 0.1) is 7.11 Å². The molecule has 5 heteroatoms. The molecule has 1 aromatic rings. The fraction of sp³-hybridized carbons (Fsp3) is 0.636. The highest BCUT2D eigenvalue weighted by Gasteiger charge is 2.14. The molecule has 0 aliphatic rings. The molecular formula is C11H18N2O2S. The average molecular weight is 242 g/mol. The third-order valence-electron chi connectivity index (χ3n) is 2.64. The van der Waals surface area contributed by atoms with Crippen molar-refractivity contribution in [3.05, 3.63) is 22.5 Å². The fourth-order valence-electron chi connectivity index (χ4n) is 1.37. The summed E-state index contributed by atoms with van der Waals surface area (Å²) in [6.07, 6.45) is 0. The lowest BCUT2D eigenvalue weighted by Crippen LogP contribution is -2.28. The number of nitrogens with zero attached hydrogens (tertiary/aromatic N) is 2. The second-order valence-corrected chi connectivity index (χ2v) is 4.45. The summed E-state index contributed by atoms with van der Waals surface area (Å²) >= 11 is 4.29. The number of hydrogen-bond acceptors (Lipinski definition) is 4. The molecule has 1 heterocycles. The molecule has 1 atom stereocenters. The van der Waals surface area contributed by atoms with E-state index in [2.05, 4.69) is 31.6 Å². The van der Waals surface area contributed by atoms with E-state index in [1.54, 1.807) is 6.07 Å². The van der Waals surface area contributed by atoms with Crippen LogP contribution in [0.4, 0.5) is 0 Å². The molecular weight excluding hydrogens is 224 g/mol. The number of hydrogen-bond donors (Lipinski definition) is 1. The summed E-state index contributed by atoms with van der Waals surface area (Å²) in [5.74, 6) is 2.00. The Balaban J connectivity index is 2.90. The van der Waals surface area contributed by atoms with Gasteiger partial charge in [-0.05, 0) is 17.6 Å². The van der Waals surface area contributed by atoms with Gasteiger partial charge in [0.15, 0.2) is 0 Å². The summed E-state index contributed by atoms with van der Waals surface area (Å²) in [5.41, 5.74) is -0.103. The Kier molecular flexibility index (Phi) is 4.86. The van der Waals surface area contributed by atoms with Crippen LogP contribution in [0.1, 0.15) is 13.8 Å². The van der Waals surface area contributed by atoms with Gasteiger partial charge in [0.25, 0.3) is 5.56 Å². The highest BCUT2D eigenvalue weighted by Crippen LogP contribution is 2.14. The van der Waals surface area contributed by atoms with Gasteiger partial charge < -0.3 is 4.74 Å². The molecule has 0 aromatic carbocycles. The smallest absolute Gasteiger partial charge is 0.266 e. The molecule has 0 aliphatic heterocycles. The van der Waals surface area contributed by atoms with E-state index in [-0.39, 0.29) is 5.56 Å². The lowest BCUT2D eigenvalue weighted by atomic mass is 9.98. The van der Waals surface area contributed by atoms with Crippen LogP contribution in [0, 0.1) is 11.8 Å². The van der Waals surface area contributed by atoms with Crippen molar-refractivity contribution in [1.29, 1.82) is 0 Å². The van der Waals surface area contributed by atoms with Crippen molar-refractivity contribution in [2.45, 2.75) is 20.4 Å². The molecule has 0 amide bonds. The summed E-state index contributed by atoms with van der Waals surface area (Å²) in [6, 6.07) is 3.05. The van der Waals surface area contributed by atoms with Crippen LogP contribution in [0.25, 0.3) is 0 Å². The van der Waals surface area contributed by atoms with Gasteiger partial charge in [0.1, 0.15) is 0 Å². The molecule has 0 radical (unpaired) electrons. The van der Waals surface area contributed by atoms with Gasteiger partial charge in [-0.1, -0.05) is 13.8 Å². The Morgan fingerprint density at radius 2 is 2.19 bits per heavy atom. The molecule has 90 valence electrons. The van der Waals surface area contributed by atoms with Gasteiger partial charge in [-0.2, -0.15) is 12.6 Å². The van der Waals surface area contributed by atoms with Gasteiger partial charge in [-0.3, -0.25) is 4.79 Å². The van der Waals surface area contributed by atoms with Gasteiger partial charge in [-0.15, -0.1) is 5.10 Å². The van der Waals surface area contributed by atoms with Gasteiger partial charge in [0, 0.05) is 18.7 Å². The Hall–Kier alpha value is -0.970. The van der Waals surface area contributed by atoms with Gasteiger partial charge in [0.2, 0.25) is 5.88 Å². The second-order valence-electron chi connectivity index (χ2n) is 4.08. The van der Waals surface area contributed by atoms with E-state index in [0.29, 0.717) is 24.3 Å². The summed E-state index contributed by atoms with van der Waals surface area (Å²) in [4.78, 5) is 11.6. The number of ether oxygens (including phenoxy) is 1. The zero-order valence-electron chi connectivity index (χ0n) is 9.88. The fourth-order valence-corrected chi connectivity index (χ4v) is 1.91. The molecule has 0 bridgehead atoms. The van der Waals surface area contributed by atoms with Crippen LogP contribution in [0.2, 0.25) is 0 Å². The molecule has 16 heavy (non-hydrogen) atoms. The van der Waals surface area contributed by atoms with Crippen molar-refractivity contribution < 1.29 is 4.74 Å². The van der Waals surface area contributed by atoms with E-state index in [9.17, 15) is 4.79 Å². The van der Waals surface area contributed by atoms with Crippen LogP contribution in [0.3, 0.4) is 0 Å². The molecule has 0 saturated heterocycles. The van der Waals surface area contributed by atoms with Crippen LogP contribution < -0.4 is 10.3 Å². The average Bonchev–Trinajstić information content (AvgIpc) is 2.27. The first kappa shape index (κ1) is 13.1. The lowest BCUT2D eigenvalue weighted by molar-refractivity contribution is 0.325. The first-order chi connectivity index (χ1) is 7.58. The Labute approximate surface area is 101 Å². The van der Waals surface area contributed by atoms with Gasteiger partial charge in [-0.25, -0.2) is 4.68 Å². The third kappa shape index (κ3) is 3.27. The molecule has 0 aliphatic carbocycles. The summed E-state index contributed by atoms with van der Waals surface area (Å²) in [7, 11) is 1.54. The minimum Gasteiger partial charge on any atom is -0.480 e. The van der Waals surface area contributed by atoms with Crippen molar-refractivity contribution in [2.24, 2.45) is 11.8 Å². The maximum absolute atomic E-state index is 11.6. The van der Waals surface area contributed by atoms with Crippen LogP contribution >= 0.6 is 12.6 Å². The van der Waals surface area contributed by atoms with E-state index in [4.69, 9.17) is 4.74 Å². The molecule has 1 rings (SSSR count). The van der Waals surface area contributed by atoms with Crippen LogP contribution in [-0.2, 0) is 6.54 Å². The first-order valence-corrected chi connectivity index (χ1v) is 5.94. The summed E-state index contributed by atoms with van der Waals surface area (Å²) in [6.45, 7) is 4.81. The molecule has 0 spiro atoms. The van der Waals surface area contributed by atoms with E-state index >= 15 is 0 Å². The highest BCUT2D eigenvalue weighted by atomic mass is 32.1. The standard InChI is InChI=1S/C11H18N2O2S/c1-8(2)9(7-16)6-13-11(14)5-4-10(12-13)15-3/h4-5,8-9,16H,6-7H2,1-3H3. The van der Waals surface area contributed by atoms with Gasteiger partial charge >= 0.3 is 0 Å². The largest absolute Gasteiger partial charge is 0.480 e. The predicted molar refractivity (Wildman–Crippen MR) is 67.2 cm³/mol. The first-order valence-electron chi connectivity index (χ1n) is 5.31. The normalized spacial score (nSPS) is 12.8. The quantitative estimate of drug-likeness (QED) is 0.795. The predicted octanol–water partition coefficient (Wildman–Crippen LogP) is 1.45. The van der Waals surface area contributed by atoms with Crippen molar-refractivity contribution in [1.82, 2.24) is 9.78 Å². The zero-order valence-corrected chi connectivity index (χ0v) is 10.8. The summed E-state index contributed by atoms with van der Waals surface area (Å²) in [5, 5.41) is 4.11. The Bertz CT molecular complexity index is 390. The maximum atomic E-state index is 11.6. The summed E-state index contributed by atoms with van der Waals surface area (Å²) < 4.78 is 6.44. The molecule has 0 fully saturated rings. The van der Waals surface area contributed by atoms with Crippen LogP contribution in [0.15, 0.2) is 16.9 Å². The van der Waals surface area contributed by atoms with E-state index in [0.717, 1.165) is 5.75 Å². The minimum atomic E-state index is -0.103. The van der Waals surface area contributed by atoms with Crippen LogP contribution in [0.5, 0.6) is 5.88 Å². The van der Waals surface area contributed by atoms with Crippen molar-refractivity contribution in [2.75, 3.05) is 12.9 Å². The van der Waals surface area contributed by atoms with Crippen molar-refractivity contribution in [3.63, 3.8) is 0 Å². The van der Waals surface area contributed by atoms with E-state index in [1.165, 1.54) is 17.9 Å². The molecule has 0 N–H and O–H groups in total. The monoisotopic (exact) mass is 242 g/mol. The number of rotatable bonds is 5. The van der Waals surface area contributed by atoms with E-state index in [1.807, 2.05) is 0 Å². The van der Waals surface area contributed by atoms with Crippen LogP contribution in [-0.4, -0.2) is 22.6 Å². The molecule has 1 unspecified atom stereocenters.